The first-order valence-electron chi connectivity index (χ1n) is 6.98. The lowest BCUT2D eigenvalue weighted by atomic mass is 10.2. The van der Waals surface area contributed by atoms with Crippen molar-refractivity contribution >= 4 is 34.1 Å². The van der Waals surface area contributed by atoms with E-state index in [2.05, 4.69) is 15.5 Å². The number of hydrogen-bond donors (Lipinski definition) is 1. The molecule has 1 amide bonds. The van der Waals surface area contributed by atoms with Crippen LogP contribution in [0.25, 0.3) is 0 Å². The van der Waals surface area contributed by atoms with Crippen molar-refractivity contribution in [2.45, 2.75) is 10.1 Å². The Bertz CT molecular complexity index is 880. The van der Waals surface area contributed by atoms with Gasteiger partial charge in [-0.2, -0.15) is 0 Å². The number of nitrogens with one attached hydrogen (secondary N) is 1. The molecule has 0 radical (unpaired) electrons. The maximum atomic E-state index is 13.1. The fourth-order valence-electron chi connectivity index (χ4n) is 1.93. The Kier molecular flexibility index (Phi) is 5.34. The van der Waals surface area contributed by atoms with Crippen LogP contribution in [0.15, 0.2) is 46.8 Å². The molecule has 1 heterocycles. The van der Waals surface area contributed by atoms with Crippen LogP contribution in [0.3, 0.4) is 0 Å². The molecule has 0 aliphatic rings. The van der Waals surface area contributed by atoms with Crippen molar-refractivity contribution in [1.82, 2.24) is 10.2 Å². The number of hydrogen-bond acceptors (Lipinski definition) is 5. The molecule has 0 aliphatic heterocycles. The van der Waals surface area contributed by atoms with E-state index in [0.29, 0.717) is 21.2 Å². The summed E-state index contributed by atoms with van der Waals surface area (Å²) in [5.74, 6) is -1.82. The van der Waals surface area contributed by atoms with Gasteiger partial charge in [-0.15, -0.1) is 10.2 Å². The third-order valence-corrected chi connectivity index (χ3v) is 5.06. The number of nitrogens with zero attached hydrogens (tertiary/aromatic N) is 2. The van der Waals surface area contributed by atoms with Crippen LogP contribution in [-0.2, 0) is 5.75 Å². The van der Waals surface area contributed by atoms with Crippen molar-refractivity contribution in [3.63, 3.8) is 0 Å². The second-order valence-electron chi connectivity index (χ2n) is 4.90. The fourth-order valence-corrected chi connectivity index (χ4v) is 3.61. The van der Waals surface area contributed by atoms with E-state index in [1.165, 1.54) is 48.2 Å². The first-order valence-corrected chi connectivity index (χ1v) is 8.78. The second-order valence-corrected chi connectivity index (χ2v) is 7.10. The van der Waals surface area contributed by atoms with Crippen molar-refractivity contribution < 1.29 is 18.0 Å². The molecule has 25 heavy (non-hydrogen) atoms. The summed E-state index contributed by atoms with van der Waals surface area (Å²) < 4.78 is 39.7. The summed E-state index contributed by atoms with van der Waals surface area (Å²) in [5.41, 5.74) is 0.774. The average molecular weight is 381 g/mol. The number of carbonyl (C=O) groups excluding carboxylic acids is 1. The summed E-state index contributed by atoms with van der Waals surface area (Å²) >= 11 is 2.38. The van der Waals surface area contributed by atoms with Crippen LogP contribution in [-0.4, -0.2) is 16.1 Å². The Labute approximate surface area is 149 Å². The lowest BCUT2D eigenvalue weighted by Crippen LogP contribution is -2.11. The van der Waals surface area contributed by atoms with Gasteiger partial charge in [0.1, 0.15) is 17.5 Å². The zero-order valence-electron chi connectivity index (χ0n) is 12.5. The zero-order valence-corrected chi connectivity index (χ0v) is 14.1. The number of thioether (sulfide) groups is 1. The monoisotopic (exact) mass is 381 g/mol. The van der Waals surface area contributed by atoms with Gasteiger partial charge in [-0.25, -0.2) is 13.2 Å². The van der Waals surface area contributed by atoms with E-state index in [4.69, 9.17) is 0 Å². The predicted molar refractivity (Wildman–Crippen MR) is 90.2 cm³/mol. The van der Waals surface area contributed by atoms with Crippen molar-refractivity contribution in [1.29, 1.82) is 0 Å². The lowest BCUT2D eigenvalue weighted by molar-refractivity contribution is 0.102. The smallest absolute Gasteiger partial charge is 0.257 e. The highest BCUT2D eigenvalue weighted by Gasteiger charge is 2.11. The number of benzene rings is 2. The number of anilines is 1. The molecule has 128 valence electrons. The summed E-state index contributed by atoms with van der Waals surface area (Å²) in [7, 11) is 0. The average Bonchev–Trinajstić information content (AvgIpc) is 3.00. The molecule has 4 nitrogen and oxygen atoms in total. The highest BCUT2D eigenvalue weighted by Crippen LogP contribution is 2.29. The molecule has 0 spiro atoms. The van der Waals surface area contributed by atoms with Crippen LogP contribution >= 0.6 is 23.1 Å². The summed E-state index contributed by atoms with van der Waals surface area (Å²) in [6.45, 7) is 0. The van der Waals surface area contributed by atoms with Crippen molar-refractivity contribution in [2.24, 2.45) is 0 Å². The zero-order chi connectivity index (χ0) is 17.8. The molecule has 0 fully saturated rings. The van der Waals surface area contributed by atoms with Gasteiger partial charge in [0.15, 0.2) is 4.34 Å². The van der Waals surface area contributed by atoms with Gasteiger partial charge in [-0.1, -0.05) is 23.1 Å². The van der Waals surface area contributed by atoms with E-state index >= 15 is 0 Å². The molecule has 2 aromatic carbocycles. The van der Waals surface area contributed by atoms with Gasteiger partial charge >= 0.3 is 0 Å². The Morgan fingerprint density at radius 2 is 1.68 bits per heavy atom. The van der Waals surface area contributed by atoms with Gasteiger partial charge in [-0.05, 0) is 42.0 Å². The number of rotatable bonds is 5. The van der Waals surface area contributed by atoms with E-state index in [9.17, 15) is 18.0 Å². The van der Waals surface area contributed by atoms with E-state index in [-0.39, 0.29) is 5.13 Å². The molecule has 0 unspecified atom stereocenters. The number of halogens is 3. The van der Waals surface area contributed by atoms with Crippen molar-refractivity contribution in [3.8, 4) is 0 Å². The standard InChI is InChI=1S/C16H10F3N3OS2/c17-11-3-1-10(2-4-11)14(23)20-15-21-22-16(25-15)24-8-9-5-12(18)7-13(19)6-9/h1-7H,8H2,(H,20,21,23). The molecule has 1 N–H and O–H groups in total. The number of aromatic nitrogens is 2. The molecular formula is C16H10F3N3OS2. The minimum Gasteiger partial charge on any atom is -0.296 e. The lowest BCUT2D eigenvalue weighted by Gasteiger charge is -2.00. The van der Waals surface area contributed by atoms with Crippen LogP contribution in [0, 0.1) is 17.5 Å². The predicted octanol–water partition coefficient (Wildman–Crippen LogP) is 4.50. The Hall–Kier alpha value is -2.39. The van der Waals surface area contributed by atoms with Crippen molar-refractivity contribution in [2.75, 3.05) is 5.32 Å². The van der Waals surface area contributed by atoms with Gasteiger partial charge in [0.25, 0.3) is 5.91 Å². The molecule has 3 aromatic rings. The molecule has 0 bridgehead atoms. The SMILES string of the molecule is O=C(Nc1nnc(SCc2cc(F)cc(F)c2)s1)c1ccc(F)cc1. The van der Waals surface area contributed by atoms with Gasteiger partial charge < -0.3 is 0 Å². The maximum absolute atomic E-state index is 13.1. The normalized spacial score (nSPS) is 10.7. The van der Waals surface area contributed by atoms with Gasteiger partial charge in [-0.3, -0.25) is 10.1 Å². The molecule has 1 aromatic heterocycles. The van der Waals surface area contributed by atoms with Crippen LogP contribution in [0.4, 0.5) is 18.3 Å². The minimum atomic E-state index is -0.639. The van der Waals surface area contributed by atoms with Crippen LogP contribution < -0.4 is 5.32 Å². The van der Waals surface area contributed by atoms with Gasteiger partial charge in [0.2, 0.25) is 5.13 Å². The van der Waals surface area contributed by atoms with Gasteiger partial charge in [0.05, 0.1) is 0 Å². The highest BCUT2D eigenvalue weighted by atomic mass is 32.2. The second kappa shape index (κ2) is 7.66. The molecule has 0 saturated carbocycles. The molecule has 3 rings (SSSR count). The van der Waals surface area contributed by atoms with E-state index in [1.807, 2.05) is 0 Å². The number of carbonyl (C=O) groups is 1. The summed E-state index contributed by atoms with van der Waals surface area (Å²) in [6.07, 6.45) is 0. The molecule has 0 atom stereocenters. The number of amides is 1. The highest BCUT2D eigenvalue weighted by molar-refractivity contribution is 8.00. The van der Waals surface area contributed by atoms with E-state index in [0.717, 1.165) is 17.4 Å². The summed E-state index contributed by atoms with van der Waals surface area (Å²) in [5, 5.41) is 10.6. The third kappa shape index (κ3) is 4.80. The summed E-state index contributed by atoms with van der Waals surface area (Å²) in [6, 6.07) is 8.40. The third-order valence-electron chi connectivity index (χ3n) is 3.02. The van der Waals surface area contributed by atoms with Crippen LogP contribution in [0.2, 0.25) is 0 Å². The fraction of sp³-hybridized carbons (Fsp3) is 0.0625. The Morgan fingerprint density at radius 3 is 2.36 bits per heavy atom. The topological polar surface area (TPSA) is 54.9 Å². The van der Waals surface area contributed by atoms with E-state index < -0.39 is 23.4 Å². The molecule has 9 heteroatoms. The Morgan fingerprint density at radius 1 is 1.00 bits per heavy atom. The molecule has 0 saturated heterocycles. The maximum Gasteiger partial charge on any atom is 0.257 e. The van der Waals surface area contributed by atoms with E-state index in [1.54, 1.807) is 0 Å². The molecular weight excluding hydrogens is 371 g/mol. The quantitative estimate of drug-likeness (QED) is 0.522. The first kappa shape index (κ1) is 17.4. The van der Waals surface area contributed by atoms with Crippen molar-refractivity contribution in [3.05, 3.63) is 71.0 Å². The molecule has 0 aliphatic carbocycles. The van der Waals surface area contributed by atoms with Gasteiger partial charge in [0, 0.05) is 17.4 Å². The Balaban J connectivity index is 1.60. The largest absolute Gasteiger partial charge is 0.296 e. The van der Waals surface area contributed by atoms with Crippen LogP contribution in [0.5, 0.6) is 0 Å². The van der Waals surface area contributed by atoms with Crippen LogP contribution in [0.1, 0.15) is 15.9 Å². The summed E-state index contributed by atoms with van der Waals surface area (Å²) in [4.78, 5) is 12.0. The first-order chi connectivity index (χ1) is 12.0. The minimum absolute atomic E-state index is 0.280.